The van der Waals surface area contributed by atoms with Gasteiger partial charge < -0.3 is 15.5 Å². The second-order valence-corrected chi connectivity index (χ2v) is 8.43. The van der Waals surface area contributed by atoms with E-state index in [4.69, 9.17) is 5.11 Å². The topological polar surface area (TPSA) is 89.9 Å². The van der Waals surface area contributed by atoms with Gasteiger partial charge in [-0.3, -0.25) is 14.5 Å². The maximum absolute atomic E-state index is 12.9. The van der Waals surface area contributed by atoms with Crippen LogP contribution in [0.25, 0.3) is 0 Å². The van der Waals surface area contributed by atoms with E-state index in [1.54, 1.807) is 6.07 Å². The smallest absolute Gasteiger partial charge is 0.322 e. The number of carboxylic acids is 1. The zero-order valence-corrected chi connectivity index (χ0v) is 17.5. The second kappa shape index (κ2) is 9.30. The third kappa shape index (κ3) is 5.00. The van der Waals surface area contributed by atoms with Crippen molar-refractivity contribution >= 4 is 11.9 Å². The van der Waals surface area contributed by atoms with Crippen molar-refractivity contribution in [2.45, 2.75) is 38.1 Å². The fraction of sp³-hybridized carbons (Fsp3) is 0.417. The molecular weight excluding hydrogens is 380 g/mol. The molecule has 2 aromatic carbocycles. The summed E-state index contributed by atoms with van der Waals surface area (Å²) >= 11 is 0. The van der Waals surface area contributed by atoms with Gasteiger partial charge in [-0.05, 0) is 54.0 Å². The molecule has 0 spiro atoms. The fourth-order valence-corrected chi connectivity index (χ4v) is 4.35. The lowest BCUT2D eigenvalue weighted by molar-refractivity contribution is -0.139. The molecule has 3 N–H and O–H groups in total. The molecule has 2 aromatic rings. The summed E-state index contributed by atoms with van der Waals surface area (Å²) < 4.78 is 0. The largest absolute Gasteiger partial charge is 0.508 e. The van der Waals surface area contributed by atoms with Gasteiger partial charge in [-0.25, -0.2) is 0 Å². The van der Waals surface area contributed by atoms with Crippen LogP contribution in [0.4, 0.5) is 0 Å². The molecule has 3 rings (SSSR count). The molecule has 0 aliphatic carbocycles. The number of nitrogens with zero attached hydrogens (tertiary/aromatic N) is 1. The van der Waals surface area contributed by atoms with Crippen molar-refractivity contribution in [3.8, 4) is 5.75 Å². The summed E-state index contributed by atoms with van der Waals surface area (Å²) in [6.45, 7) is 5.43. The van der Waals surface area contributed by atoms with Crippen molar-refractivity contribution in [2.24, 2.45) is 5.92 Å². The standard InChI is InChI=1S/C24H30N2O4/c1-17-16-26(12-11-24(17,2)19-9-6-10-20(27)14-19)21(23(30)25-15-22(28)29)13-18-7-4-3-5-8-18/h3-10,14,17,21,27H,11-13,15-16H2,1-2H3,(H,25,30)(H,28,29). The average molecular weight is 411 g/mol. The first-order chi connectivity index (χ1) is 14.3. The number of carbonyl (C=O) groups excluding carboxylic acids is 1. The van der Waals surface area contributed by atoms with Crippen LogP contribution in [0.2, 0.25) is 0 Å². The van der Waals surface area contributed by atoms with E-state index in [1.807, 2.05) is 48.5 Å². The molecule has 1 amide bonds. The first-order valence-corrected chi connectivity index (χ1v) is 10.4. The van der Waals surface area contributed by atoms with Crippen LogP contribution in [0.3, 0.4) is 0 Å². The van der Waals surface area contributed by atoms with Crippen molar-refractivity contribution in [1.29, 1.82) is 0 Å². The van der Waals surface area contributed by atoms with Crippen molar-refractivity contribution in [3.63, 3.8) is 0 Å². The van der Waals surface area contributed by atoms with Crippen LogP contribution in [0, 0.1) is 5.92 Å². The summed E-state index contributed by atoms with van der Waals surface area (Å²) in [5.41, 5.74) is 2.04. The second-order valence-electron chi connectivity index (χ2n) is 8.43. The molecule has 160 valence electrons. The number of benzene rings is 2. The highest BCUT2D eigenvalue weighted by atomic mass is 16.4. The number of amides is 1. The lowest BCUT2D eigenvalue weighted by Gasteiger charge is -2.47. The fourth-order valence-electron chi connectivity index (χ4n) is 4.35. The van der Waals surface area contributed by atoms with Gasteiger partial charge in [-0.15, -0.1) is 0 Å². The minimum atomic E-state index is -1.05. The van der Waals surface area contributed by atoms with E-state index < -0.39 is 12.0 Å². The number of rotatable bonds is 7. The van der Waals surface area contributed by atoms with Gasteiger partial charge in [0.1, 0.15) is 12.3 Å². The molecule has 1 heterocycles. The summed E-state index contributed by atoms with van der Waals surface area (Å²) in [6.07, 6.45) is 1.37. The van der Waals surface area contributed by atoms with E-state index in [9.17, 15) is 14.7 Å². The summed E-state index contributed by atoms with van der Waals surface area (Å²) in [4.78, 5) is 26.0. The van der Waals surface area contributed by atoms with Crippen LogP contribution in [-0.2, 0) is 21.4 Å². The highest BCUT2D eigenvalue weighted by Gasteiger charge is 2.41. The summed E-state index contributed by atoms with van der Waals surface area (Å²) in [5, 5.41) is 21.4. The Morgan fingerprint density at radius 3 is 2.57 bits per heavy atom. The maximum atomic E-state index is 12.9. The third-order valence-electron chi connectivity index (χ3n) is 6.45. The third-order valence-corrected chi connectivity index (χ3v) is 6.45. The molecule has 6 nitrogen and oxygen atoms in total. The van der Waals surface area contributed by atoms with Gasteiger partial charge >= 0.3 is 5.97 Å². The lowest BCUT2D eigenvalue weighted by Crippen LogP contribution is -2.56. The number of aliphatic carboxylic acids is 1. The van der Waals surface area contributed by atoms with E-state index in [1.165, 1.54) is 0 Å². The Hall–Kier alpha value is -2.86. The van der Waals surface area contributed by atoms with E-state index >= 15 is 0 Å². The molecule has 30 heavy (non-hydrogen) atoms. The Kier molecular flexibility index (Phi) is 6.77. The SMILES string of the molecule is CC1CN(C(Cc2ccccc2)C(=O)NCC(=O)O)CCC1(C)c1cccc(O)c1. The Bertz CT molecular complexity index is 886. The van der Waals surface area contributed by atoms with E-state index in [0.717, 1.165) is 17.5 Å². The highest BCUT2D eigenvalue weighted by Crippen LogP contribution is 2.40. The number of likely N-dealkylation sites (tertiary alicyclic amines) is 1. The Balaban J connectivity index is 1.79. The number of hydrogen-bond donors (Lipinski definition) is 3. The highest BCUT2D eigenvalue weighted by molar-refractivity contribution is 5.85. The van der Waals surface area contributed by atoms with Crippen molar-refractivity contribution in [2.75, 3.05) is 19.6 Å². The summed E-state index contributed by atoms with van der Waals surface area (Å²) in [6, 6.07) is 16.8. The van der Waals surface area contributed by atoms with Gasteiger partial charge in [-0.2, -0.15) is 0 Å². The number of carbonyl (C=O) groups is 2. The van der Waals surface area contributed by atoms with Crippen LogP contribution in [0.15, 0.2) is 54.6 Å². The molecule has 1 aliphatic rings. The van der Waals surface area contributed by atoms with Crippen molar-refractivity contribution in [1.82, 2.24) is 10.2 Å². The molecule has 1 saturated heterocycles. The Morgan fingerprint density at radius 2 is 1.93 bits per heavy atom. The number of nitrogens with one attached hydrogen (secondary N) is 1. The van der Waals surface area contributed by atoms with E-state index in [-0.39, 0.29) is 29.5 Å². The Labute approximate surface area is 177 Å². The molecule has 1 fully saturated rings. The number of piperidine rings is 1. The molecule has 0 aromatic heterocycles. The van der Waals surface area contributed by atoms with Gasteiger partial charge in [-0.1, -0.05) is 56.3 Å². The van der Waals surface area contributed by atoms with Crippen LogP contribution in [-0.4, -0.2) is 52.7 Å². The van der Waals surface area contributed by atoms with Gasteiger partial charge in [0.2, 0.25) is 5.91 Å². The zero-order valence-electron chi connectivity index (χ0n) is 17.5. The molecule has 0 radical (unpaired) electrons. The zero-order chi connectivity index (χ0) is 21.7. The minimum Gasteiger partial charge on any atom is -0.508 e. The monoisotopic (exact) mass is 410 g/mol. The van der Waals surface area contributed by atoms with Crippen molar-refractivity contribution < 1.29 is 19.8 Å². The van der Waals surface area contributed by atoms with Crippen LogP contribution in [0.1, 0.15) is 31.4 Å². The number of carboxylic acid groups (broad SMARTS) is 1. The van der Waals surface area contributed by atoms with Gasteiger partial charge in [0, 0.05) is 6.54 Å². The quantitative estimate of drug-likeness (QED) is 0.653. The lowest BCUT2D eigenvalue weighted by atomic mass is 9.67. The first-order valence-electron chi connectivity index (χ1n) is 10.4. The van der Waals surface area contributed by atoms with E-state index in [0.29, 0.717) is 19.5 Å². The molecule has 3 atom stereocenters. The van der Waals surface area contributed by atoms with Gasteiger partial charge in [0.15, 0.2) is 0 Å². The molecule has 0 saturated carbocycles. The number of phenols is 1. The molecule has 6 heteroatoms. The first kappa shape index (κ1) is 21.8. The van der Waals surface area contributed by atoms with Crippen LogP contribution < -0.4 is 5.32 Å². The summed E-state index contributed by atoms with van der Waals surface area (Å²) in [7, 11) is 0. The van der Waals surface area contributed by atoms with Gasteiger partial charge in [0.25, 0.3) is 0 Å². The predicted octanol–water partition coefficient (Wildman–Crippen LogP) is 2.80. The Morgan fingerprint density at radius 1 is 1.20 bits per heavy atom. The van der Waals surface area contributed by atoms with Crippen LogP contribution in [0.5, 0.6) is 5.75 Å². The molecule has 3 unspecified atom stereocenters. The number of aromatic hydroxyl groups is 1. The predicted molar refractivity (Wildman–Crippen MR) is 115 cm³/mol. The van der Waals surface area contributed by atoms with E-state index in [2.05, 4.69) is 24.1 Å². The normalized spacial score (nSPS) is 22.9. The van der Waals surface area contributed by atoms with Gasteiger partial charge in [0.05, 0.1) is 6.04 Å². The maximum Gasteiger partial charge on any atom is 0.322 e. The minimum absolute atomic E-state index is 0.107. The number of phenolic OH excluding ortho intramolecular Hbond substituents is 1. The molecule has 0 bridgehead atoms. The van der Waals surface area contributed by atoms with Crippen molar-refractivity contribution in [3.05, 3.63) is 65.7 Å². The average Bonchev–Trinajstić information content (AvgIpc) is 2.73. The molecule has 1 aliphatic heterocycles. The molecular formula is C24H30N2O4. The van der Waals surface area contributed by atoms with Crippen LogP contribution >= 0.6 is 0 Å². The number of hydrogen-bond acceptors (Lipinski definition) is 4. The summed E-state index contributed by atoms with van der Waals surface area (Å²) in [5.74, 6) is -0.795.